The van der Waals surface area contributed by atoms with Gasteiger partial charge in [-0.2, -0.15) is 0 Å². The summed E-state index contributed by atoms with van der Waals surface area (Å²) < 4.78 is 9.03. The van der Waals surface area contributed by atoms with Gasteiger partial charge in [0.2, 0.25) is 0 Å². The van der Waals surface area contributed by atoms with Crippen LogP contribution in [0.1, 0.15) is 0 Å². The van der Waals surface area contributed by atoms with Crippen LogP contribution in [-0.2, 0) is 0 Å². The SMILES string of the molecule is c1ccc(-c2cc(-c3ccccc3)nc(-c3ncc(-c4ccc5c(c4)c4ccccc4n5-c4ccccc4)c4oc5ccccc5c34)n2)cc1. The van der Waals surface area contributed by atoms with Crippen LogP contribution in [0.2, 0.25) is 0 Å². The van der Waals surface area contributed by atoms with E-state index >= 15 is 0 Å². The van der Waals surface area contributed by atoms with Crippen molar-refractivity contribution in [3.8, 4) is 50.8 Å². The average Bonchev–Trinajstić information content (AvgIpc) is 3.75. The summed E-state index contributed by atoms with van der Waals surface area (Å²) in [6.45, 7) is 0. The molecule has 0 atom stereocenters. The monoisotopic (exact) mass is 640 g/mol. The number of aromatic nitrogens is 4. The van der Waals surface area contributed by atoms with Crippen molar-refractivity contribution in [3.63, 3.8) is 0 Å². The van der Waals surface area contributed by atoms with Crippen molar-refractivity contribution in [3.05, 3.63) is 170 Å². The van der Waals surface area contributed by atoms with Crippen molar-refractivity contribution in [2.75, 3.05) is 0 Å². The summed E-state index contributed by atoms with van der Waals surface area (Å²) in [5, 5.41) is 4.23. The molecule has 4 aromatic heterocycles. The second kappa shape index (κ2) is 11.4. The maximum atomic E-state index is 6.70. The van der Waals surface area contributed by atoms with Gasteiger partial charge in [0.05, 0.1) is 27.8 Å². The Balaban J connectivity index is 1.22. The summed E-state index contributed by atoms with van der Waals surface area (Å²) in [7, 11) is 0. The first-order valence-corrected chi connectivity index (χ1v) is 16.7. The number of benzene rings is 6. The van der Waals surface area contributed by atoms with Gasteiger partial charge in [0.15, 0.2) is 5.82 Å². The lowest BCUT2D eigenvalue weighted by Crippen LogP contribution is -1.98. The zero-order valence-electron chi connectivity index (χ0n) is 26.9. The summed E-state index contributed by atoms with van der Waals surface area (Å²) in [6.07, 6.45) is 1.92. The first-order valence-electron chi connectivity index (χ1n) is 16.7. The van der Waals surface area contributed by atoms with E-state index in [2.05, 4.69) is 108 Å². The molecule has 0 bridgehead atoms. The standard InChI is InChI=1S/C45H28N4O/c1-4-14-29(15-5-1)37-27-38(30-16-6-2-7-17-30)48-45(47-37)43-42-34-21-11-13-23-41(34)50-44(42)36(28-46-43)31-24-25-40-35(26-31)33-20-10-12-22-39(33)49(40)32-18-8-3-9-19-32/h1-28H. The van der Waals surface area contributed by atoms with Crippen LogP contribution in [0.25, 0.3) is 94.6 Å². The van der Waals surface area contributed by atoms with Gasteiger partial charge in [0.25, 0.3) is 0 Å². The molecule has 0 aliphatic carbocycles. The van der Waals surface area contributed by atoms with E-state index in [-0.39, 0.29) is 0 Å². The van der Waals surface area contributed by atoms with E-state index in [1.165, 1.54) is 10.8 Å². The van der Waals surface area contributed by atoms with Crippen molar-refractivity contribution in [2.24, 2.45) is 0 Å². The van der Waals surface area contributed by atoms with Crippen LogP contribution in [-0.4, -0.2) is 19.5 Å². The van der Waals surface area contributed by atoms with Gasteiger partial charge in [-0.25, -0.2) is 9.97 Å². The lowest BCUT2D eigenvalue weighted by Gasteiger charge is -2.11. The van der Waals surface area contributed by atoms with Crippen LogP contribution in [0.4, 0.5) is 0 Å². The fraction of sp³-hybridized carbons (Fsp3) is 0. The molecule has 5 nitrogen and oxygen atoms in total. The molecule has 10 aromatic rings. The predicted molar refractivity (Wildman–Crippen MR) is 203 cm³/mol. The fourth-order valence-electron chi connectivity index (χ4n) is 7.16. The van der Waals surface area contributed by atoms with Gasteiger partial charge in [0.1, 0.15) is 16.9 Å². The molecule has 0 amide bonds. The molecule has 0 saturated heterocycles. The van der Waals surface area contributed by atoms with Crippen molar-refractivity contribution in [1.82, 2.24) is 19.5 Å². The number of hydrogen-bond acceptors (Lipinski definition) is 4. The highest BCUT2D eigenvalue weighted by atomic mass is 16.3. The van der Waals surface area contributed by atoms with E-state index in [9.17, 15) is 0 Å². The minimum Gasteiger partial charge on any atom is -0.455 e. The molecule has 0 radical (unpaired) electrons. The Kier molecular flexibility index (Phi) is 6.42. The third-order valence-electron chi connectivity index (χ3n) is 9.47. The maximum Gasteiger partial charge on any atom is 0.180 e. The molecule has 6 aromatic carbocycles. The largest absolute Gasteiger partial charge is 0.455 e. The number of pyridine rings is 1. The number of fused-ring (bicyclic) bond motifs is 6. The van der Waals surface area contributed by atoms with Crippen molar-refractivity contribution in [2.45, 2.75) is 0 Å². The zero-order chi connectivity index (χ0) is 33.0. The van der Waals surface area contributed by atoms with Crippen LogP contribution in [0.3, 0.4) is 0 Å². The molecule has 234 valence electrons. The van der Waals surface area contributed by atoms with Crippen LogP contribution in [0.5, 0.6) is 0 Å². The third kappa shape index (κ3) is 4.52. The van der Waals surface area contributed by atoms with Crippen molar-refractivity contribution < 1.29 is 4.42 Å². The summed E-state index contributed by atoms with van der Waals surface area (Å²) in [5.74, 6) is 0.551. The van der Waals surface area contributed by atoms with Gasteiger partial charge in [-0.05, 0) is 48.0 Å². The van der Waals surface area contributed by atoms with E-state index in [1.807, 2.05) is 66.9 Å². The normalized spacial score (nSPS) is 11.6. The number of nitrogens with zero attached hydrogens (tertiary/aromatic N) is 4. The molecule has 0 unspecified atom stereocenters. The molecule has 10 rings (SSSR count). The molecule has 0 aliphatic heterocycles. The molecule has 0 N–H and O–H groups in total. The fourth-order valence-corrected chi connectivity index (χ4v) is 7.16. The summed E-state index contributed by atoms with van der Waals surface area (Å²) in [5.41, 5.74) is 11.3. The second-order valence-electron chi connectivity index (χ2n) is 12.4. The van der Waals surface area contributed by atoms with E-state index in [0.29, 0.717) is 11.5 Å². The summed E-state index contributed by atoms with van der Waals surface area (Å²) >= 11 is 0. The van der Waals surface area contributed by atoms with Gasteiger partial charge in [-0.1, -0.05) is 121 Å². The number of para-hydroxylation sites is 3. The predicted octanol–water partition coefficient (Wildman–Crippen LogP) is 11.5. The molecule has 4 heterocycles. The molecule has 0 spiro atoms. The van der Waals surface area contributed by atoms with E-state index in [4.69, 9.17) is 19.4 Å². The lowest BCUT2D eigenvalue weighted by atomic mass is 10.0. The second-order valence-corrected chi connectivity index (χ2v) is 12.4. The molecule has 0 saturated carbocycles. The van der Waals surface area contributed by atoms with Crippen LogP contribution < -0.4 is 0 Å². The number of hydrogen-bond donors (Lipinski definition) is 0. The Hall–Kier alpha value is -6.85. The van der Waals surface area contributed by atoms with Gasteiger partial charge < -0.3 is 8.98 Å². The van der Waals surface area contributed by atoms with Gasteiger partial charge in [-0.15, -0.1) is 0 Å². The average molecular weight is 641 g/mol. The van der Waals surface area contributed by atoms with Crippen molar-refractivity contribution >= 4 is 43.7 Å². The summed E-state index contributed by atoms with van der Waals surface area (Å²) in [4.78, 5) is 15.4. The highest BCUT2D eigenvalue weighted by molar-refractivity contribution is 6.16. The van der Waals surface area contributed by atoms with Gasteiger partial charge in [-0.3, -0.25) is 4.98 Å². The van der Waals surface area contributed by atoms with Crippen LogP contribution in [0, 0.1) is 0 Å². The highest BCUT2D eigenvalue weighted by Gasteiger charge is 2.22. The van der Waals surface area contributed by atoms with E-state index in [1.54, 1.807) is 0 Å². The number of furan rings is 1. The summed E-state index contributed by atoms with van der Waals surface area (Å²) in [6, 6.07) is 56.4. The Morgan fingerprint density at radius 3 is 1.80 bits per heavy atom. The lowest BCUT2D eigenvalue weighted by molar-refractivity contribution is 0.669. The Morgan fingerprint density at radius 1 is 0.480 bits per heavy atom. The third-order valence-corrected chi connectivity index (χ3v) is 9.47. The van der Waals surface area contributed by atoms with Crippen molar-refractivity contribution in [1.29, 1.82) is 0 Å². The molecule has 50 heavy (non-hydrogen) atoms. The Morgan fingerprint density at radius 2 is 1.08 bits per heavy atom. The number of rotatable bonds is 5. The highest BCUT2D eigenvalue weighted by Crippen LogP contribution is 2.42. The Labute approximate surface area is 287 Å². The molecule has 0 aliphatic rings. The van der Waals surface area contributed by atoms with Gasteiger partial charge in [0, 0.05) is 44.7 Å². The molecule has 5 heteroatoms. The first-order chi connectivity index (χ1) is 24.8. The molecular weight excluding hydrogens is 613 g/mol. The zero-order valence-corrected chi connectivity index (χ0v) is 26.9. The molecular formula is C45H28N4O. The van der Waals surface area contributed by atoms with Crippen LogP contribution in [0.15, 0.2) is 174 Å². The van der Waals surface area contributed by atoms with E-state index < -0.39 is 0 Å². The minimum atomic E-state index is 0.551. The Bertz CT molecular complexity index is 2800. The van der Waals surface area contributed by atoms with Gasteiger partial charge >= 0.3 is 0 Å². The topological polar surface area (TPSA) is 56.7 Å². The molecule has 0 fully saturated rings. The maximum absolute atomic E-state index is 6.70. The first kappa shape index (κ1) is 28.2. The van der Waals surface area contributed by atoms with E-state index in [0.717, 1.165) is 72.3 Å². The quantitative estimate of drug-likeness (QED) is 0.188. The van der Waals surface area contributed by atoms with Crippen LogP contribution >= 0.6 is 0 Å². The smallest absolute Gasteiger partial charge is 0.180 e. The minimum absolute atomic E-state index is 0.551.